The predicted molar refractivity (Wildman–Crippen MR) is 85.5 cm³/mol. The van der Waals surface area contributed by atoms with Gasteiger partial charge in [0.1, 0.15) is 5.75 Å². The summed E-state index contributed by atoms with van der Waals surface area (Å²) in [6.45, 7) is 2.65. The molecule has 0 aliphatic heterocycles. The van der Waals surface area contributed by atoms with E-state index in [0.29, 0.717) is 29.6 Å². The van der Waals surface area contributed by atoms with Gasteiger partial charge in [0.25, 0.3) is 5.91 Å². The second kappa shape index (κ2) is 7.00. The SMILES string of the molecule is Cc1nc(COc2cccc(C(=O)NCC3(CCO)CC3)c2)no1. The van der Waals surface area contributed by atoms with Crippen LogP contribution in [0.4, 0.5) is 0 Å². The molecule has 1 aromatic heterocycles. The van der Waals surface area contributed by atoms with Crippen molar-refractivity contribution in [3.63, 3.8) is 0 Å². The van der Waals surface area contributed by atoms with Crippen molar-refractivity contribution in [3.8, 4) is 5.75 Å². The number of aliphatic hydroxyl groups is 1. The topological polar surface area (TPSA) is 97.5 Å². The van der Waals surface area contributed by atoms with Crippen molar-refractivity contribution < 1.29 is 19.2 Å². The fourth-order valence-electron chi connectivity index (χ4n) is 2.57. The molecule has 128 valence electrons. The normalized spacial score (nSPS) is 15.1. The first-order chi connectivity index (χ1) is 11.6. The second-order valence-corrected chi connectivity index (χ2v) is 6.20. The van der Waals surface area contributed by atoms with E-state index in [1.807, 2.05) is 0 Å². The number of rotatable bonds is 8. The van der Waals surface area contributed by atoms with Crippen LogP contribution in [0.25, 0.3) is 0 Å². The quantitative estimate of drug-likeness (QED) is 0.766. The van der Waals surface area contributed by atoms with Gasteiger partial charge in [-0.1, -0.05) is 11.2 Å². The van der Waals surface area contributed by atoms with Crippen LogP contribution in [0.5, 0.6) is 5.75 Å². The Morgan fingerprint density at radius 1 is 1.46 bits per heavy atom. The third-order valence-electron chi connectivity index (χ3n) is 4.26. The van der Waals surface area contributed by atoms with Gasteiger partial charge in [-0.2, -0.15) is 4.98 Å². The Labute approximate surface area is 140 Å². The van der Waals surface area contributed by atoms with E-state index in [0.717, 1.165) is 19.3 Å². The summed E-state index contributed by atoms with van der Waals surface area (Å²) in [7, 11) is 0. The van der Waals surface area contributed by atoms with Crippen molar-refractivity contribution in [2.45, 2.75) is 32.8 Å². The maximum Gasteiger partial charge on any atom is 0.251 e. The molecule has 2 aromatic rings. The number of hydrogen-bond acceptors (Lipinski definition) is 6. The van der Waals surface area contributed by atoms with E-state index >= 15 is 0 Å². The second-order valence-electron chi connectivity index (χ2n) is 6.20. The summed E-state index contributed by atoms with van der Waals surface area (Å²) in [6, 6.07) is 6.98. The van der Waals surface area contributed by atoms with Gasteiger partial charge >= 0.3 is 0 Å². The number of ether oxygens (including phenoxy) is 1. The minimum absolute atomic E-state index is 0.0923. The number of benzene rings is 1. The van der Waals surface area contributed by atoms with E-state index in [2.05, 4.69) is 15.5 Å². The lowest BCUT2D eigenvalue weighted by Gasteiger charge is -2.14. The van der Waals surface area contributed by atoms with E-state index in [1.165, 1.54) is 0 Å². The molecule has 0 unspecified atom stereocenters. The lowest BCUT2D eigenvalue weighted by Crippen LogP contribution is -2.30. The van der Waals surface area contributed by atoms with E-state index in [9.17, 15) is 4.79 Å². The highest BCUT2D eigenvalue weighted by Gasteiger charge is 2.41. The summed E-state index contributed by atoms with van der Waals surface area (Å²) in [5.74, 6) is 1.38. The maximum atomic E-state index is 12.3. The molecule has 2 N–H and O–H groups in total. The highest BCUT2D eigenvalue weighted by molar-refractivity contribution is 5.94. The van der Waals surface area contributed by atoms with Gasteiger partial charge in [0.15, 0.2) is 6.61 Å². The summed E-state index contributed by atoms with van der Waals surface area (Å²) in [5, 5.41) is 15.8. The largest absolute Gasteiger partial charge is 0.485 e. The van der Waals surface area contributed by atoms with E-state index in [4.69, 9.17) is 14.4 Å². The molecular weight excluding hydrogens is 310 g/mol. The summed E-state index contributed by atoms with van der Waals surface area (Å²) < 4.78 is 10.5. The number of nitrogens with one attached hydrogen (secondary N) is 1. The van der Waals surface area contributed by atoms with Gasteiger partial charge in [-0.3, -0.25) is 4.79 Å². The van der Waals surface area contributed by atoms with Crippen LogP contribution >= 0.6 is 0 Å². The molecule has 0 radical (unpaired) electrons. The maximum absolute atomic E-state index is 12.3. The Hall–Kier alpha value is -2.41. The smallest absolute Gasteiger partial charge is 0.251 e. The Kier molecular flexibility index (Phi) is 4.80. The van der Waals surface area contributed by atoms with Gasteiger partial charge in [-0.25, -0.2) is 0 Å². The Morgan fingerprint density at radius 2 is 2.29 bits per heavy atom. The van der Waals surface area contributed by atoms with Gasteiger partial charge < -0.3 is 19.7 Å². The average molecular weight is 331 g/mol. The minimum atomic E-state index is -0.139. The van der Waals surface area contributed by atoms with Crippen LogP contribution in [-0.2, 0) is 6.61 Å². The van der Waals surface area contributed by atoms with Crippen LogP contribution in [0.1, 0.15) is 41.3 Å². The molecule has 1 aliphatic rings. The fourth-order valence-corrected chi connectivity index (χ4v) is 2.57. The molecule has 0 saturated heterocycles. The zero-order valence-corrected chi connectivity index (χ0v) is 13.6. The zero-order valence-electron chi connectivity index (χ0n) is 13.6. The predicted octanol–water partition coefficient (Wildman–Crippen LogP) is 1.85. The monoisotopic (exact) mass is 331 g/mol. The number of aryl methyl sites for hydroxylation is 1. The summed E-state index contributed by atoms with van der Waals surface area (Å²) in [4.78, 5) is 16.3. The Bertz CT molecular complexity index is 709. The molecule has 7 nitrogen and oxygen atoms in total. The highest BCUT2D eigenvalue weighted by atomic mass is 16.5. The summed E-state index contributed by atoms with van der Waals surface area (Å²) >= 11 is 0. The lowest BCUT2D eigenvalue weighted by atomic mass is 10.0. The third kappa shape index (κ3) is 4.11. The van der Waals surface area contributed by atoms with Crippen molar-refractivity contribution >= 4 is 5.91 Å². The molecule has 0 bridgehead atoms. The molecule has 1 aliphatic carbocycles. The molecule has 1 fully saturated rings. The number of aliphatic hydroxyl groups excluding tert-OH is 1. The number of carbonyl (C=O) groups excluding carboxylic acids is 1. The molecule has 24 heavy (non-hydrogen) atoms. The van der Waals surface area contributed by atoms with Gasteiger partial charge in [0.2, 0.25) is 11.7 Å². The highest BCUT2D eigenvalue weighted by Crippen LogP contribution is 2.47. The first-order valence-electron chi connectivity index (χ1n) is 8.01. The van der Waals surface area contributed by atoms with Crippen LogP contribution in [0.3, 0.4) is 0 Å². The number of amides is 1. The summed E-state index contributed by atoms with van der Waals surface area (Å²) in [5.41, 5.74) is 0.631. The van der Waals surface area contributed by atoms with E-state index in [-0.39, 0.29) is 24.5 Å². The molecule has 1 saturated carbocycles. The molecule has 7 heteroatoms. The van der Waals surface area contributed by atoms with Gasteiger partial charge in [0.05, 0.1) is 0 Å². The Balaban J connectivity index is 1.55. The minimum Gasteiger partial charge on any atom is -0.485 e. The summed E-state index contributed by atoms with van der Waals surface area (Å²) in [6.07, 6.45) is 2.85. The number of carbonyl (C=O) groups is 1. The van der Waals surface area contributed by atoms with Crippen molar-refractivity contribution in [2.24, 2.45) is 5.41 Å². The molecule has 0 spiro atoms. The number of hydrogen-bond donors (Lipinski definition) is 2. The molecule has 1 amide bonds. The number of aromatic nitrogens is 2. The zero-order chi connectivity index (χ0) is 17.0. The van der Waals surface area contributed by atoms with Crippen molar-refractivity contribution in [2.75, 3.05) is 13.2 Å². The molecule has 0 atom stereocenters. The molecule has 1 aromatic carbocycles. The van der Waals surface area contributed by atoms with Crippen LogP contribution < -0.4 is 10.1 Å². The van der Waals surface area contributed by atoms with E-state index < -0.39 is 0 Å². The van der Waals surface area contributed by atoms with Crippen LogP contribution in [-0.4, -0.2) is 34.3 Å². The van der Waals surface area contributed by atoms with Crippen LogP contribution in [0, 0.1) is 12.3 Å². The standard InChI is InChI=1S/C17H21N3O4/c1-12-19-15(20-24-12)10-23-14-4-2-3-13(9-14)16(22)18-11-17(5-6-17)7-8-21/h2-4,9,21H,5-8,10-11H2,1H3,(H,18,22). The molecule has 1 heterocycles. The first kappa shape index (κ1) is 16.4. The molecule has 3 rings (SSSR count). The van der Waals surface area contributed by atoms with Crippen molar-refractivity contribution in [1.82, 2.24) is 15.5 Å². The first-order valence-corrected chi connectivity index (χ1v) is 8.01. The lowest BCUT2D eigenvalue weighted by molar-refractivity contribution is 0.0940. The third-order valence-corrected chi connectivity index (χ3v) is 4.26. The van der Waals surface area contributed by atoms with Crippen LogP contribution in [0.2, 0.25) is 0 Å². The average Bonchev–Trinajstić information content (AvgIpc) is 3.23. The van der Waals surface area contributed by atoms with Gasteiger partial charge in [-0.15, -0.1) is 0 Å². The molecular formula is C17H21N3O4. The van der Waals surface area contributed by atoms with Crippen molar-refractivity contribution in [3.05, 3.63) is 41.5 Å². The van der Waals surface area contributed by atoms with Gasteiger partial charge in [0, 0.05) is 25.6 Å². The fraction of sp³-hybridized carbons (Fsp3) is 0.471. The van der Waals surface area contributed by atoms with Crippen molar-refractivity contribution in [1.29, 1.82) is 0 Å². The van der Waals surface area contributed by atoms with E-state index in [1.54, 1.807) is 31.2 Å². The van der Waals surface area contributed by atoms with Gasteiger partial charge in [-0.05, 0) is 42.9 Å². The Morgan fingerprint density at radius 3 is 2.96 bits per heavy atom. The van der Waals surface area contributed by atoms with Crippen LogP contribution in [0.15, 0.2) is 28.8 Å². The number of nitrogens with zero attached hydrogens (tertiary/aromatic N) is 2.